The van der Waals surface area contributed by atoms with Gasteiger partial charge in [0.2, 0.25) is 5.91 Å². The smallest absolute Gasteiger partial charge is 0.220 e. The lowest BCUT2D eigenvalue weighted by Gasteiger charge is -2.19. The van der Waals surface area contributed by atoms with Gasteiger partial charge in [-0.1, -0.05) is 263 Å². The number of allylic oxidation sites excluding steroid dienone is 3. The van der Waals surface area contributed by atoms with Crippen LogP contribution in [0.15, 0.2) is 24.3 Å². The first kappa shape index (κ1) is 53.9. The van der Waals surface area contributed by atoms with Crippen molar-refractivity contribution in [3.63, 3.8) is 0 Å². The Morgan fingerprint density at radius 2 is 0.709 bits per heavy atom. The fraction of sp³-hybridized carbons (Fsp3) is 0.902. The molecular formula is C51H99NO3. The second kappa shape index (κ2) is 47.2. The summed E-state index contributed by atoms with van der Waals surface area (Å²) in [6, 6.07) is -0.635. The number of carbonyl (C=O) groups is 1. The predicted molar refractivity (Wildman–Crippen MR) is 244 cm³/mol. The molecule has 0 aliphatic heterocycles. The van der Waals surface area contributed by atoms with Gasteiger partial charge in [0.1, 0.15) is 0 Å². The van der Waals surface area contributed by atoms with Crippen molar-refractivity contribution in [2.75, 3.05) is 6.61 Å². The predicted octanol–water partition coefficient (Wildman–Crippen LogP) is 16.0. The number of nitrogens with one attached hydrogen (secondary N) is 1. The van der Waals surface area contributed by atoms with E-state index in [1.165, 1.54) is 225 Å². The molecule has 3 N–H and O–H groups in total. The number of amides is 1. The Morgan fingerprint density at radius 3 is 1.05 bits per heavy atom. The molecule has 4 nitrogen and oxygen atoms in total. The molecule has 4 heteroatoms. The van der Waals surface area contributed by atoms with Gasteiger partial charge < -0.3 is 15.5 Å². The Morgan fingerprint density at radius 1 is 0.418 bits per heavy atom. The number of unbranched alkanes of at least 4 members (excludes halogenated alkanes) is 37. The average Bonchev–Trinajstić information content (AvgIpc) is 3.19. The normalized spacial score (nSPS) is 13.0. The lowest BCUT2D eigenvalue weighted by atomic mass is 10.0. The maximum atomic E-state index is 12.4. The van der Waals surface area contributed by atoms with E-state index in [0.717, 1.165) is 32.1 Å². The van der Waals surface area contributed by atoms with Gasteiger partial charge in [0.25, 0.3) is 0 Å². The topological polar surface area (TPSA) is 69.6 Å². The summed E-state index contributed by atoms with van der Waals surface area (Å²) in [5, 5.41) is 23.0. The Balaban J connectivity index is 3.47. The molecule has 0 aromatic heterocycles. The zero-order valence-corrected chi connectivity index (χ0v) is 37.5. The van der Waals surface area contributed by atoms with Crippen LogP contribution in [0.25, 0.3) is 0 Å². The van der Waals surface area contributed by atoms with Gasteiger partial charge in [-0.15, -0.1) is 0 Å². The maximum Gasteiger partial charge on any atom is 0.220 e. The van der Waals surface area contributed by atoms with Gasteiger partial charge in [-0.2, -0.15) is 0 Å². The molecule has 0 aliphatic carbocycles. The largest absolute Gasteiger partial charge is 0.394 e. The third-order valence-electron chi connectivity index (χ3n) is 11.7. The molecule has 0 bridgehead atoms. The molecule has 0 aromatic rings. The summed E-state index contributed by atoms with van der Waals surface area (Å²) < 4.78 is 0. The molecule has 2 atom stereocenters. The van der Waals surface area contributed by atoms with Gasteiger partial charge in [-0.05, 0) is 32.1 Å². The first-order chi connectivity index (χ1) is 27.2. The monoisotopic (exact) mass is 774 g/mol. The summed E-state index contributed by atoms with van der Waals surface area (Å²) in [6.45, 7) is 4.32. The second-order valence-electron chi connectivity index (χ2n) is 17.2. The third kappa shape index (κ3) is 43.8. The van der Waals surface area contributed by atoms with E-state index < -0.39 is 12.1 Å². The molecule has 1 amide bonds. The minimum atomic E-state index is -0.858. The van der Waals surface area contributed by atoms with E-state index in [-0.39, 0.29) is 12.5 Å². The van der Waals surface area contributed by atoms with Gasteiger partial charge in [0.15, 0.2) is 0 Å². The van der Waals surface area contributed by atoms with E-state index in [4.69, 9.17) is 0 Å². The molecule has 0 heterocycles. The Labute approximate surface area is 345 Å². The Hall–Kier alpha value is -1.13. The van der Waals surface area contributed by atoms with Crippen molar-refractivity contribution in [3.05, 3.63) is 24.3 Å². The number of carbonyl (C=O) groups excluding carboxylic acids is 1. The van der Waals surface area contributed by atoms with E-state index in [1.54, 1.807) is 6.08 Å². The van der Waals surface area contributed by atoms with Gasteiger partial charge in [-0.3, -0.25) is 4.79 Å². The summed E-state index contributed by atoms with van der Waals surface area (Å²) in [4.78, 5) is 12.4. The van der Waals surface area contributed by atoms with E-state index in [1.807, 2.05) is 6.08 Å². The van der Waals surface area contributed by atoms with Crippen molar-refractivity contribution < 1.29 is 15.0 Å². The average molecular weight is 774 g/mol. The summed E-state index contributed by atoms with van der Waals surface area (Å²) in [7, 11) is 0. The van der Waals surface area contributed by atoms with Crippen LogP contribution in [-0.4, -0.2) is 34.9 Å². The molecular weight excluding hydrogens is 675 g/mol. The Kier molecular flexibility index (Phi) is 46.3. The molecule has 0 saturated heterocycles. The van der Waals surface area contributed by atoms with Crippen molar-refractivity contribution in [1.29, 1.82) is 0 Å². The minimum absolute atomic E-state index is 0.0688. The van der Waals surface area contributed by atoms with Crippen molar-refractivity contribution >= 4 is 5.91 Å². The first-order valence-corrected chi connectivity index (χ1v) is 25.1. The van der Waals surface area contributed by atoms with Crippen molar-refractivity contribution in [1.82, 2.24) is 5.32 Å². The molecule has 0 saturated carbocycles. The van der Waals surface area contributed by atoms with Crippen LogP contribution in [0.2, 0.25) is 0 Å². The standard InChI is InChI=1S/C51H99NO3/c1-3-5-7-9-11-13-15-17-19-20-21-22-23-24-25-26-27-28-29-30-31-33-35-37-39-41-43-45-47-51(55)52-49(48-53)50(54)46-44-42-40-38-36-34-32-18-16-14-12-10-8-6-4-2/h36,38,44,46,49-50,53-54H,3-35,37,39-43,45,47-48H2,1-2H3,(H,52,55)/b38-36+,46-44+. The van der Waals surface area contributed by atoms with Crippen molar-refractivity contribution in [2.24, 2.45) is 0 Å². The summed E-state index contributed by atoms with van der Waals surface area (Å²) in [5.41, 5.74) is 0. The molecule has 0 aliphatic rings. The Bertz CT molecular complexity index is 795. The fourth-order valence-electron chi connectivity index (χ4n) is 7.84. The minimum Gasteiger partial charge on any atom is -0.394 e. The summed E-state index contributed by atoms with van der Waals surface area (Å²) >= 11 is 0. The first-order valence-electron chi connectivity index (χ1n) is 25.1. The van der Waals surface area contributed by atoms with E-state index in [0.29, 0.717) is 6.42 Å². The molecule has 0 fully saturated rings. The molecule has 326 valence electrons. The second-order valence-corrected chi connectivity index (χ2v) is 17.2. The van der Waals surface area contributed by atoms with Crippen molar-refractivity contribution in [2.45, 2.75) is 289 Å². The molecule has 0 rings (SSSR count). The van der Waals surface area contributed by atoms with Gasteiger partial charge in [0, 0.05) is 6.42 Å². The van der Waals surface area contributed by atoms with Crippen LogP contribution >= 0.6 is 0 Å². The number of rotatable bonds is 46. The van der Waals surface area contributed by atoms with Crippen LogP contribution in [0.3, 0.4) is 0 Å². The number of hydrogen-bond donors (Lipinski definition) is 3. The highest BCUT2D eigenvalue weighted by atomic mass is 16.3. The highest BCUT2D eigenvalue weighted by Crippen LogP contribution is 2.17. The van der Waals surface area contributed by atoms with Crippen LogP contribution in [0.1, 0.15) is 277 Å². The van der Waals surface area contributed by atoms with E-state index in [2.05, 4.69) is 31.3 Å². The molecule has 55 heavy (non-hydrogen) atoms. The number of aliphatic hydroxyl groups is 2. The highest BCUT2D eigenvalue weighted by molar-refractivity contribution is 5.76. The van der Waals surface area contributed by atoms with Crippen LogP contribution < -0.4 is 5.32 Å². The number of hydrogen-bond acceptors (Lipinski definition) is 3. The van der Waals surface area contributed by atoms with Gasteiger partial charge in [-0.25, -0.2) is 0 Å². The van der Waals surface area contributed by atoms with E-state index in [9.17, 15) is 15.0 Å². The third-order valence-corrected chi connectivity index (χ3v) is 11.7. The quantitative estimate of drug-likeness (QED) is 0.0426. The van der Waals surface area contributed by atoms with Crippen molar-refractivity contribution in [3.8, 4) is 0 Å². The van der Waals surface area contributed by atoms with Crippen LogP contribution in [0, 0.1) is 0 Å². The number of aliphatic hydroxyl groups excluding tert-OH is 2. The highest BCUT2D eigenvalue weighted by Gasteiger charge is 2.17. The molecule has 0 aromatic carbocycles. The van der Waals surface area contributed by atoms with Crippen LogP contribution in [0.4, 0.5) is 0 Å². The van der Waals surface area contributed by atoms with Gasteiger partial charge >= 0.3 is 0 Å². The van der Waals surface area contributed by atoms with E-state index >= 15 is 0 Å². The zero-order valence-electron chi connectivity index (χ0n) is 37.5. The lowest BCUT2D eigenvalue weighted by Crippen LogP contribution is -2.45. The zero-order chi connectivity index (χ0) is 40.0. The summed E-state index contributed by atoms with van der Waals surface area (Å²) in [6.07, 6.45) is 61.8. The molecule has 0 radical (unpaired) electrons. The van der Waals surface area contributed by atoms with Gasteiger partial charge in [0.05, 0.1) is 18.8 Å². The summed E-state index contributed by atoms with van der Waals surface area (Å²) in [5.74, 6) is -0.0688. The van der Waals surface area contributed by atoms with Crippen LogP contribution in [0.5, 0.6) is 0 Å². The SMILES string of the molecule is CCCCCCCCCCC/C=C/CC/C=C/C(O)C(CO)NC(=O)CCCCCCCCCCCCCCCCCCCCCCCCCCCCCC. The maximum absolute atomic E-state index is 12.4. The molecule has 2 unspecified atom stereocenters. The molecule has 0 spiro atoms. The lowest BCUT2D eigenvalue weighted by molar-refractivity contribution is -0.123. The fourth-order valence-corrected chi connectivity index (χ4v) is 7.84. The van der Waals surface area contributed by atoms with Crippen LogP contribution in [-0.2, 0) is 4.79 Å².